The fourth-order valence-corrected chi connectivity index (χ4v) is 3.37. The third-order valence-electron chi connectivity index (χ3n) is 5.16. The van der Waals surface area contributed by atoms with Crippen LogP contribution in [0.4, 0.5) is 0 Å². The number of nitriles is 1. The molecule has 0 rings (SSSR count). The Kier molecular flexibility index (Phi) is 17.1. The van der Waals surface area contributed by atoms with Gasteiger partial charge in [-0.1, -0.05) is 45.1 Å². The van der Waals surface area contributed by atoms with E-state index in [9.17, 15) is 14.9 Å². The first-order chi connectivity index (χ1) is 14.0. The summed E-state index contributed by atoms with van der Waals surface area (Å²) in [6.45, 7) is 2.09. The van der Waals surface area contributed by atoms with Crippen LogP contribution in [0.5, 0.6) is 0 Å². The van der Waals surface area contributed by atoms with E-state index in [-0.39, 0.29) is 23.0 Å². The zero-order chi connectivity index (χ0) is 21.9. The first kappa shape index (κ1) is 27.2. The van der Waals surface area contributed by atoms with E-state index in [0.29, 0.717) is 25.7 Å². The Hall–Kier alpha value is -1.78. The number of carbonyl (C=O) groups is 1. The molecule has 29 heavy (non-hydrogen) atoms. The number of allylic oxidation sites excluding steroid dienone is 2. The molecule has 0 amide bonds. The van der Waals surface area contributed by atoms with Gasteiger partial charge in [0.2, 0.25) is 6.04 Å². The van der Waals surface area contributed by atoms with Crippen molar-refractivity contribution in [2.45, 2.75) is 96.3 Å². The predicted octanol–water partition coefficient (Wildman–Crippen LogP) is 5.22. The van der Waals surface area contributed by atoms with E-state index in [4.69, 9.17) is 14.7 Å². The van der Waals surface area contributed by atoms with Crippen LogP contribution < -0.4 is 0 Å². The molecule has 0 aromatic carbocycles. The summed E-state index contributed by atoms with van der Waals surface area (Å²) in [6.07, 6.45) is 11.8. The molecule has 166 valence electrons. The summed E-state index contributed by atoms with van der Waals surface area (Å²) in [6, 6.07) is 1.34. The first-order valence-corrected chi connectivity index (χ1v) is 10.7. The summed E-state index contributed by atoms with van der Waals surface area (Å²) in [7, 11) is 2.95. The van der Waals surface area contributed by atoms with Crippen LogP contribution in [0, 0.1) is 27.4 Å². The molecule has 7 nitrogen and oxygen atoms in total. The quantitative estimate of drug-likeness (QED) is 0.0951. The summed E-state index contributed by atoms with van der Waals surface area (Å²) in [5.41, 5.74) is 0. The number of rotatable bonds is 19. The molecule has 2 unspecified atom stereocenters. The van der Waals surface area contributed by atoms with Crippen molar-refractivity contribution in [3.63, 3.8) is 0 Å². The van der Waals surface area contributed by atoms with Gasteiger partial charge in [0.25, 0.3) is 0 Å². The van der Waals surface area contributed by atoms with E-state index in [2.05, 4.69) is 13.0 Å². The van der Waals surface area contributed by atoms with Crippen molar-refractivity contribution in [2.75, 3.05) is 14.2 Å². The van der Waals surface area contributed by atoms with Crippen molar-refractivity contribution >= 4 is 5.78 Å². The van der Waals surface area contributed by atoms with Crippen molar-refractivity contribution in [1.82, 2.24) is 0 Å². The largest absolute Gasteiger partial charge is 0.356 e. The number of methoxy groups -OCH3 is 2. The standard InChI is InChI=1S/C22H38N2O5/c1-4-5-9-15-20(25)16-12-14-19(13-10-7-6-8-11-17-23)21(24(26)27)18-22(28-2)29-3/h12,16,19,21-22H,4-11,13-15,18H2,1-3H3/b16-12+. The molecular formula is C22H38N2O5. The maximum Gasteiger partial charge on any atom is 0.221 e. The van der Waals surface area contributed by atoms with Gasteiger partial charge in [0, 0.05) is 37.9 Å². The van der Waals surface area contributed by atoms with Crippen molar-refractivity contribution < 1.29 is 19.2 Å². The van der Waals surface area contributed by atoms with Gasteiger partial charge in [-0.05, 0) is 31.8 Å². The predicted molar refractivity (Wildman–Crippen MR) is 113 cm³/mol. The van der Waals surface area contributed by atoms with Gasteiger partial charge < -0.3 is 9.47 Å². The number of ketones is 1. The Morgan fingerprint density at radius 3 is 2.41 bits per heavy atom. The summed E-state index contributed by atoms with van der Waals surface area (Å²) in [5.74, 6) is -0.105. The number of ether oxygens (including phenoxy) is 2. The number of nitro groups is 1. The summed E-state index contributed by atoms with van der Waals surface area (Å²) in [5, 5.41) is 20.3. The van der Waals surface area contributed by atoms with E-state index < -0.39 is 12.3 Å². The topological polar surface area (TPSA) is 102 Å². The smallest absolute Gasteiger partial charge is 0.221 e. The van der Waals surface area contributed by atoms with Crippen LogP contribution in [0.1, 0.15) is 84.0 Å². The SMILES string of the molecule is CCCCCC(=O)/C=C/CC(CCCCCCC#N)C(CC(OC)OC)[N+](=O)[O-]. The lowest BCUT2D eigenvalue weighted by atomic mass is 9.88. The molecule has 0 aromatic rings. The molecule has 0 bridgehead atoms. The third kappa shape index (κ3) is 13.9. The van der Waals surface area contributed by atoms with Crippen molar-refractivity contribution in [3.8, 4) is 6.07 Å². The normalized spacial score (nSPS) is 13.5. The maximum absolute atomic E-state index is 11.9. The molecule has 0 aromatic heterocycles. The highest BCUT2D eigenvalue weighted by Crippen LogP contribution is 2.25. The molecular weight excluding hydrogens is 372 g/mol. The van der Waals surface area contributed by atoms with E-state index >= 15 is 0 Å². The molecule has 0 saturated heterocycles. The van der Waals surface area contributed by atoms with Crippen LogP contribution in [0.15, 0.2) is 12.2 Å². The minimum atomic E-state index is -0.793. The zero-order valence-electron chi connectivity index (χ0n) is 18.3. The number of unbranched alkanes of at least 4 members (excludes halogenated alkanes) is 6. The highest BCUT2D eigenvalue weighted by molar-refractivity contribution is 5.89. The first-order valence-electron chi connectivity index (χ1n) is 10.7. The second-order valence-electron chi connectivity index (χ2n) is 7.42. The Bertz CT molecular complexity index is 512. The van der Waals surface area contributed by atoms with Crippen molar-refractivity contribution in [1.29, 1.82) is 5.26 Å². The lowest BCUT2D eigenvalue weighted by Crippen LogP contribution is -2.34. The highest BCUT2D eigenvalue weighted by Gasteiger charge is 2.33. The van der Waals surface area contributed by atoms with Gasteiger partial charge in [0.1, 0.15) is 0 Å². The Balaban J connectivity index is 4.89. The molecule has 0 heterocycles. The molecule has 0 aliphatic carbocycles. The highest BCUT2D eigenvalue weighted by atomic mass is 16.7. The Morgan fingerprint density at radius 1 is 1.14 bits per heavy atom. The van der Waals surface area contributed by atoms with Gasteiger partial charge in [-0.3, -0.25) is 14.9 Å². The average molecular weight is 411 g/mol. The van der Waals surface area contributed by atoms with E-state index in [1.54, 1.807) is 12.2 Å². The summed E-state index contributed by atoms with van der Waals surface area (Å²) in [4.78, 5) is 23.4. The van der Waals surface area contributed by atoms with Gasteiger partial charge in [0.15, 0.2) is 12.1 Å². The molecule has 0 aliphatic rings. The zero-order valence-corrected chi connectivity index (χ0v) is 18.3. The summed E-state index contributed by atoms with van der Waals surface area (Å²) >= 11 is 0. The maximum atomic E-state index is 11.9. The average Bonchev–Trinajstić information content (AvgIpc) is 2.70. The van der Waals surface area contributed by atoms with Gasteiger partial charge in [-0.25, -0.2) is 0 Å². The Morgan fingerprint density at radius 2 is 1.83 bits per heavy atom. The van der Waals surface area contributed by atoms with Crippen molar-refractivity contribution in [3.05, 3.63) is 22.3 Å². The minimum absolute atomic E-state index is 0.0815. The molecule has 0 aliphatic heterocycles. The van der Waals surface area contributed by atoms with Crippen LogP contribution in [0.2, 0.25) is 0 Å². The number of nitrogens with zero attached hydrogens (tertiary/aromatic N) is 2. The van der Waals surface area contributed by atoms with Gasteiger partial charge in [-0.15, -0.1) is 0 Å². The number of hydrogen-bond acceptors (Lipinski definition) is 6. The summed E-state index contributed by atoms with van der Waals surface area (Å²) < 4.78 is 10.3. The molecule has 0 radical (unpaired) electrons. The van der Waals surface area contributed by atoms with Crippen LogP contribution in [0.3, 0.4) is 0 Å². The molecule has 2 atom stereocenters. The fourth-order valence-electron chi connectivity index (χ4n) is 3.37. The van der Waals surface area contributed by atoms with E-state index in [1.165, 1.54) is 14.2 Å². The number of hydrogen-bond donors (Lipinski definition) is 0. The molecule has 0 saturated carbocycles. The third-order valence-corrected chi connectivity index (χ3v) is 5.16. The molecule has 0 spiro atoms. The van der Waals surface area contributed by atoms with Gasteiger partial charge in [-0.2, -0.15) is 5.26 Å². The minimum Gasteiger partial charge on any atom is -0.356 e. The van der Waals surface area contributed by atoms with Crippen molar-refractivity contribution in [2.24, 2.45) is 5.92 Å². The van der Waals surface area contributed by atoms with Crippen LogP contribution in [-0.4, -0.2) is 37.3 Å². The Labute approximate surface area is 175 Å². The van der Waals surface area contributed by atoms with Crippen LogP contribution in [-0.2, 0) is 14.3 Å². The lowest BCUT2D eigenvalue weighted by molar-refractivity contribution is -0.537. The second kappa shape index (κ2) is 18.3. The second-order valence-corrected chi connectivity index (χ2v) is 7.42. The van der Waals surface area contributed by atoms with E-state index in [1.807, 2.05) is 0 Å². The number of carbonyl (C=O) groups excluding carboxylic acids is 1. The lowest BCUT2D eigenvalue weighted by Gasteiger charge is -2.23. The monoisotopic (exact) mass is 410 g/mol. The van der Waals surface area contributed by atoms with Gasteiger partial charge in [0.05, 0.1) is 12.5 Å². The van der Waals surface area contributed by atoms with Crippen LogP contribution >= 0.6 is 0 Å². The molecule has 0 fully saturated rings. The van der Waals surface area contributed by atoms with E-state index in [0.717, 1.165) is 44.9 Å². The fraction of sp³-hybridized carbons (Fsp3) is 0.818. The van der Waals surface area contributed by atoms with Crippen LogP contribution in [0.25, 0.3) is 0 Å². The van der Waals surface area contributed by atoms with Gasteiger partial charge >= 0.3 is 0 Å². The molecule has 0 N–H and O–H groups in total. The molecule has 7 heteroatoms.